The topological polar surface area (TPSA) is 82.2 Å². The number of ether oxygens (including phenoxy) is 1. The summed E-state index contributed by atoms with van der Waals surface area (Å²) in [6.07, 6.45) is 2.65. The van der Waals surface area contributed by atoms with Crippen LogP contribution >= 0.6 is 0 Å². The van der Waals surface area contributed by atoms with E-state index in [0.717, 1.165) is 30.5 Å². The lowest BCUT2D eigenvalue weighted by atomic mass is 9.93. The minimum atomic E-state index is -0.609. The number of nitrogens with one attached hydrogen (secondary N) is 1. The van der Waals surface area contributed by atoms with Crippen molar-refractivity contribution in [1.82, 2.24) is 9.80 Å². The van der Waals surface area contributed by atoms with Crippen LogP contribution in [0.1, 0.15) is 31.2 Å². The van der Waals surface area contributed by atoms with Gasteiger partial charge in [0.15, 0.2) is 0 Å². The number of amides is 4. The zero-order valence-electron chi connectivity index (χ0n) is 16.4. The molecule has 0 saturated carbocycles. The van der Waals surface area contributed by atoms with Crippen molar-refractivity contribution in [2.24, 2.45) is 0 Å². The third kappa shape index (κ3) is 3.39. The standard InChI is InChI=1S/C20H26N4O4/c1-14-6-7-15(11-16(14)24-10-3-5-17(24)25)21-18(26)23-9-4-8-20(13-23)12-22(2)19(27)28-20/h6-7,11H,3-5,8-10,12-13H2,1-2H3,(H,21,26)/t20-/m0/s1. The van der Waals surface area contributed by atoms with Crippen molar-refractivity contribution in [2.45, 2.75) is 38.2 Å². The van der Waals surface area contributed by atoms with Gasteiger partial charge in [-0.2, -0.15) is 0 Å². The van der Waals surface area contributed by atoms with Crippen LogP contribution in [-0.2, 0) is 9.53 Å². The molecule has 150 valence electrons. The molecule has 3 aliphatic heterocycles. The van der Waals surface area contributed by atoms with E-state index in [2.05, 4.69) is 5.32 Å². The first kappa shape index (κ1) is 18.6. The van der Waals surface area contributed by atoms with Crippen LogP contribution < -0.4 is 10.2 Å². The van der Waals surface area contributed by atoms with E-state index in [9.17, 15) is 14.4 Å². The maximum atomic E-state index is 12.8. The Morgan fingerprint density at radius 3 is 2.68 bits per heavy atom. The normalized spacial score (nSPS) is 24.9. The quantitative estimate of drug-likeness (QED) is 0.847. The predicted octanol–water partition coefficient (Wildman–Crippen LogP) is 2.57. The number of rotatable bonds is 2. The highest BCUT2D eigenvalue weighted by molar-refractivity contribution is 5.97. The monoisotopic (exact) mass is 386 g/mol. The average Bonchev–Trinajstić information content (AvgIpc) is 3.19. The van der Waals surface area contributed by atoms with Gasteiger partial charge >= 0.3 is 12.1 Å². The average molecular weight is 386 g/mol. The molecule has 3 heterocycles. The summed E-state index contributed by atoms with van der Waals surface area (Å²) in [4.78, 5) is 41.8. The highest BCUT2D eigenvalue weighted by Gasteiger charge is 2.47. The van der Waals surface area contributed by atoms with Crippen molar-refractivity contribution < 1.29 is 19.1 Å². The molecular formula is C20H26N4O4. The molecule has 8 heteroatoms. The van der Waals surface area contributed by atoms with Crippen LogP contribution in [0.4, 0.5) is 21.0 Å². The van der Waals surface area contributed by atoms with E-state index < -0.39 is 5.60 Å². The smallest absolute Gasteiger partial charge is 0.410 e. The summed E-state index contributed by atoms with van der Waals surface area (Å²) in [7, 11) is 1.71. The molecular weight excluding hydrogens is 360 g/mol. The van der Waals surface area contributed by atoms with Crippen LogP contribution in [0.2, 0.25) is 0 Å². The van der Waals surface area contributed by atoms with Crippen molar-refractivity contribution >= 4 is 29.4 Å². The molecule has 1 aromatic rings. The molecule has 1 spiro atoms. The fourth-order valence-corrected chi connectivity index (χ4v) is 4.36. The van der Waals surface area contributed by atoms with E-state index in [0.29, 0.717) is 38.3 Å². The Labute approximate surface area is 164 Å². The van der Waals surface area contributed by atoms with Gasteiger partial charge in [0, 0.05) is 37.9 Å². The molecule has 1 atom stereocenters. The van der Waals surface area contributed by atoms with Crippen molar-refractivity contribution in [2.75, 3.05) is 43.4 Å². The number of likely N-dealkylation sites (tertiary alicyclic amines) is 1. The number of hydrogen-bond acceptors (Lipinski definition) is 4. The lowest BCUT2D eigenvalue weighted by molar-refractivity contribution is -0.117. The SMILES string of the molecule is Cc1ccc(NC(=O)N2CCC[C@]3(CN(C)C(=O)O3)C2)cc1N1CCCC1=O. The lowest BCUT2D eigenvalue weighted by Crippen LogP contribution is -2.53. The first-order chi connectivity index (χ1) is 13.4. The molecule has 4 amide bonds. The minimum Gasteiger partial charge on any atom is -0.439 e. The lowest BCUT2D eigenvalue weighted by Gasteiger charge is -2.38. The summed E-state index contributed by atoms with van der Waals surface area (Å²) in [5.74, 6) is 0.122. The van der Waals surface area contributed by atoms with Gasteiger partial charge in [0.2, 0.25) is 5.91 Å². The maximum absolute atomic E-state index is 12.8. The molecule has 0 aromatic heterocycles. The molecule has 0 bridgehead atoms. The van der Waals surface area contributed by atoms with Gasteiger partial charge in [-0.3, -0.25) is 4.79 Å². The van der Waals surface area contributed by atoms with Crippen LogP contribution in [0, 0.1) is 6.92 Å². The highest BCUT2D eigenvalue weighted by Crippen LogP contribution is 2.32. The highest BCUT2D eigenvalue weighted by atomic mass is 16.6. The van der Waals surface area contributed by atoms with Crippen molar-refractivity contribution in [3.8, 4) is 0 Å². The molecule has 1 N–H and O–H groups in total. The summed E-state index contributed by atoms with van der Waals surface area (Å²) in [6, 6.07) is 5.41. The molecule has 28 heavy (non-hydrogen) atoms. The molecule has 1 aromatic carbocycles. The summed E-state index contributed by atoms with van der Waals surface area (Å²) in [6.45, 7) is 4.19. The third-order valence-corrected chi connectivity index (χ3v) is 5.79. The van der Waals surface area contributed by atoms with Gasteiger partial charge in [0.1, 0.15) is 5.60 Å². The number of likely N-dealkylation sites (N-methyl/N-ethyl adjacent to an activating group) is 1. The van der Waals surface area contributed by atoms with E-state index in [4.69, 9.17) is 4.74 Å². The molecule has 0 radical (unpaired) electrons. The van der Waals surface area contributed by atoms with Crippen molar-refractivity contribution in [3.63, 3.8) is 0 Å². The van der Waals surface area contributed by atoms with E-state index in [1.54, 1.807) is 21.7 Å². The zero-order chi connectivity index (χ0) is 19.9. The van der Waals surface area contributed by atoms with Crippen LogP contribution in [0.3, 0.4) is 0 Å². The molecule has 3 aliphatic rings. The van der Waals surface area contributed by atoms with E-state index >= 15 is 0 Å². The first-order valence-corrected chi connectivity index (χ1v) is 9.78. The number of aryl methyl sites for hydroxylation is 1. The fourth-order valence-electron chi connectivity index (χ4n) is 4.36. The Kier molecular flexibility index (Phi) is 4.64. The van der Waals surface area contributed by atoms with Crippen molar-refractivity contribution in [3.05, 3.63) is 23.8 Å². The van der Waals surface area contributed by atoms with Crippen LogP contribution in [-0.4, -0.2) is 66.7 Å². The van der Waals surface area contributed by atoms with Crippen LogP contribution in [0.15, 0.2) is 18.2 Å². The number of piperidine rings is 1. The summed E-state index contributed by atoms with van der Waals surface area (Å²) >= 11 is 0. The minimum absolute atomic E-state index is 0.122. The Morgan fingerprint density at radius 1 is 1.18 bits per heavy atom. The number of nitrogens with zero attached hydrogens (tertiary/aromatic N) is 3. The van der Waals surface area contributed by atoms with Gasteiger partial charge in [-0.25, -0.2) is 9.59 Å². The van der Waals surface area contributed by atoms with Crippen LogP contribution in [0.5, 0.6) is 0 Å². The van der Waals surface area contributed by atoms with Crippen LogP contribution in [0.25, 0.3) is 0 Å². The maximum Gasteiger partial charge on any atom is 0.410 e. The predicted molar refractivity (Wildman–Crippen MR) is 104 cm³/mol. The molecule has 3 saturated heterocycles. The number of carbonyl (C=O) groups is 3. The summed E-state index contributed by atoms with van der Waals surface area (Å²) in [5, 5.41) is 2.94. The summed E-state index contributed by atoms with van der Waals surface area (Å²) < 4.78 is 5.57. The Morgan fingerprint density at radius 2 is 2.00 bits per heavy atom. The molecule has 0 aliphatic carbocycles. The van der Waals surface area contributed by atoms with Gasteiger partial charge < -0.3 is 24.8 Å². The third-order valence-electron chi connectivity index (χ3n) is 5.79. The van der Waals surface area contributed by atoms with Crippen molar-refractivity contribution in [1.29, 1.82) is 0 Å². The first-order valence-electron chi connectivity index (χ1n) is 9.78. The zero-order valence-corrected chi connectivity index (χ0v) is 16.4. The van der Waals surface area contributed by atoms with E-state index in [-0.39, 0.29) is 18.0 Å². The number of benzene rings is 1. The molecule has 0 unspecified atom stereocenters. The molecule has 4 rings (SSSR count). The number of anilines is 2. The second kappa shape index (κ2) is 7.00. The number of urea groups is 1. The second-order valence-corrected chi connectivity index (χ2v) is 8.01. The Balaban J connectivity index is 1.46. The largest absolute Gasteiger partial charge is 0.439 e. The van der Waals surface area contributed by atoms with Gasteiger partial charge in [0.05, 0.1) is 13.1 Å². The van der Waals surface area contributed by atoms with Gasteiger partial charge in [0.25, 0.3) is 0 Å². The Hall–Kier alpha value is -2.77. The van der Waals surface area contributed by atoms with Gasteiger partial charge in [-0.1, -0.05) is 6.07 Å². The molecule has 3 fully saturated rings. The van der Waals surface area contributed by atoms with E-state index in [1.165, 1.54) is 0 Å². The van der Waals surface area contributed by atoms with Gasteiger partial charge in [-0.05, 0) is 43.9 Å². The fraction of sp³-hybridized carbons (Fsp3) is 0.550. The molecule has 8 nitrogen and oxygen atoms in total. The number of hydrogen-bond donors (Lipinski definition) is 1. The number of carbonyl (C=O) groups excluding carboxylic acids is 3. The Bertz CT molecular complexity index is 826. The second-order valence-electron chi connectivity index (χ2n) is 8.01. The van der Waals surface area contributed by atoms with Gasteiger partial charge in [-0.15, -0.1) is 0 Å². The summed E-state index contributed by atoms with van der Waals surface area (Å²) in [5.41, 5.74) is 1.90. The van der Waals surface area contributed by atoms with E-state index in [1.807, 2.05) is 25.1 Å².